The number of esters is 1. The third-order valence-corrected chi connectivity index (χ3v) is 4.78. The fraction of sp³-hybridized carbons (Fsp3) is 0.350. The predicted octanol–water partition coefficient (Wildman–Crippen LogP) is 3.39. The summed E-state index contributed by atoms with van der Waals surface area (Å²) < 4.78 is 4.85. The quantitative estimate of drug-likeness (QED) is 0.880. The molecule has 1 aliphatic rings. The summed E-state index contributed by atoms with van der Waals surface area (Å²) in [5.74, 6) is 0.680. The number of carbonyl (C=O) groups is 1. The highest BCUT2D eigenvalue weighted by Gasteiger charge is 2.30. The van der Waals surface area contributed by atoms with E-state index in [-0.39, 0.29) is 5.97 Å². The molecule has 0 saturated carbocycles. The Morgan fingerprint density at radius 1 is 1.22 bits per heavy atom. The molecule has 1 aliphatic carbocycles. The van der Waals surface area contributed by atoms with Crippen LogP contribution < -0.4 is 5.32 Å². The molecule has 0 bridgehead atoms. The minimum atomic E-state index is -0.263. The molecule has 3 heteroatoms. The van der Waals surface area contributed by atoms with Gasteiger partial charge >= 0.3 is 5.97 Å². The lowest BCUT2D eigenvalue weighted by molar-refractivity contribution is 0.0600. The van der Waals surface area contributed by atoms with Crippen LogP contribution in [-0.4, -0.2) is 26.7 Å². The summed E-state index contributed by atoms with van der Waals surface area (Å²) >= 11 is 0. The van der Waals surface area contributed by atoms with Crippen LogP contribution in [-0.2, 0) is 11.2 Å². The number of carbonyl (C=O) groups excluding carboxylic acids is 1. The highest BCUT2D eigenvalue weighted by molar-refractivity contribution is 5.89. The Kier molecular flexibility index (Phi) is 4.77. The number of ether oxygens (including phenoxy) is 1. The summed E-state index contributed by atoms with van der Waals surface area (Å²) in [6.45, 7) is 0.998. The Labute approximate surface area is 137 Å². The molecule has 2 aromatic carbocycles. The van der Waals surface area contributed by atoms with Crippen molar-refractivity contribution < 1.29 is 9.53 Å². The van der Waals surface area contributed by atoms with Crippen molar-refractivity contribution in [3.05, 3.63) is 70.8 Å². The van der Waals surface area contributed by atoms with Crippen molar-refractivity contribution in [2.75, 3.05) is 20.7 Å². The number of methoxy groups -OCH3 is 1. The molecular formula is C20H23NO2. The number of hydrogen-bond donors (Lipinski definition) is 1. The third kappa shape index (κ3) is 3.15. The van der Waals surface area contributed by atoms with E-state index in [1.54, 1.807) is 0 Å². The van der Waals surface area contributed by atoms with Crippen molar-refractivity contribution in [1.29, 1.82) is 0 Å². The van der Waals surface area contributed by atoms with E-state index in [9.17, 15) is 4.79 Å². The maximum absolute atomic E-state index is 11.8. The average molecular weight is 309 g/mol. The monoisotopic (exact) mass is 309 g/mol. The van der Waals surface area contributed by atoms with E-state index in [1.165, 1.54) is 23.8 Å². The van der Waals surface area contributed by atoms with Gasteiger partial charge in [-0.15, -0.1) is 0 Å². The lowest BCUT2D eigenvalue weighted by Gasteiger charge is -2.34. The van der Waals surface area contributed by atoms with E-state index in [1.807, 2.05) is 19.2 Å². The number of nitrogens with one attached hydrogen (secondary N) is 1. The molecule has 0 unspecified atom stereocenters. The van der Waals surface area contributed by atoms with Gasteiger partial charge in [0, 0.05) is 5.92 Å². The molecule has 2 aromatic rings. The van der Waals surface area contributed by atoms with Crippen LogP contribution in [0.2, 0.25) is 0 Å². The predicted molar refractivity (Wildman–Crippen MR) is 91.8 cm³/mol. The van der Waals surface area contributed by atoms with Crippen LogP contribution in [0.1, 0.15) is 39.4 Å². The lowest BCUT2D eigenvalue weighted by Crippen LogP contribution is -2.30. The van der Waals surface area contributed by atoms with Gasteiger partial charge in [0.25, 0.3) is 0 Å². The van der Waals surface area contributed by atoms with E-state index in [0.717, 1.165) is 19.4 Å². The molecule has 0 saturated heterocycles. The zero-order valence-electron chi connectivity index (χ0n) is 13.7. The third-order valence-electron chi connectivity index (χ3n) is 4.78. The summed E-state index contributed by atoms with van der Waals surface area (Å²) in [5, 5.41) is 3.33. The second kappa shape index (κ2) is 6.97. The lowest BCUT2D eigenvalue weighted by atomic mass is 9.71. The summed E-state index contributed by atoms with van der Waals surface area (Å²) in [6.07, 6.45) is 2.13. The number of rotatable bonds is 4. The van der Waals surface area contributed by atoms with Crippen LogP contribution in [0.15, 0.2) is 48.5 Å². The molecule has 0 heterocycles. The average Bonchev–Trinajstić information content (AvgIpc) is 2.61. The molecule has 0 aliphatic heterocycles. The Morgan fingerprint density at radius 3 is 2.70 bits per heavy atom. The maximum atomic E-state index is 11.8. The Morgan fingerprint density at radius 2 is 2.00 bits per heavy atom. The maximum Gasteiger partial charge on any atom is 0.337 e. The fourth-order valence-corrected chi connectivity index (χ4v) is 3.73. The van der Waals surface area contributed by atoms with Crippen molar-refractivity contribution in [3.63, 3.8) is 0 Å². The minimum Gasteiger partial charge on any atom is -0.465 e. The molecule has 120 valence electrons. The molecule has 0 aromatic heterocycles. The van der Waals surface area contributed by atoms with E-state index < -0.39 is 0 Å². The van der Waals surface area contributed by atoms with Gasteiger partial charge in [-0.1, -0.05) is 36.4 Å². The van der Waals surface area contributed by atoms with Gasteiger partial charge in [-0.3, -0.25) is 0 Å². The van der Waals surface area contributed by atoms with Gasteiger partial charge in [-0.2, -0.15) is 0 Å². The van der Waals surface area contributed by atoms with E-state index >= 15 is 0 Å². The van der Waals surface area contributed by atoms with Crippen LogP contribution in [0, 0.1) is 5.92 Å². The van der Waals surface area contributed by atoms with Gasteiger partial charge in [-0.25, -0.2) is 4.79 Å². The molecule has 0 spiro atoms. The smallest absolute Gasteiger partial charge is 0.337 e. The molecule has 23 heavy (non-hydrogen) atoms. The van der Waals surface area contributed by atoms with E-state index in [4.69, 9.17) is 4.74 Å². The summed E-state index contributed by atoms with van der Waals surface area (Å²) in [4.78, 5) is 11.8. The van der Waals surface area contributed by atoms with Gasteiger partial charge in [0.05, 0.1) is 12.7 Å². The Balaban J connectivity index is 2.03. The molecule has 3 rings (SSSR count). The zero-order chi connectivity index (χ0) is 16.2. The molecular weight excluding hydrogens is 286 g/mol. The van der Waals surface area contributed by atoms with Gasteiger partial charge in [0.2, 0.25) is 0 Å². The van der Waals surface area contributed by atoms with Crippen molar-refractivity contribution in [1.82, 2.24) is 5.32 Å². The number of fused-ring (bicyclic) bond motifs is 1. The first-order valence-electron chi connectivity index (χ1n) is 8.15. The topological polar surface area (TPSA) is 38.3 Å². The van der Waals surface area contributed by atoms with Gasteiger partial charge in [0.1, 0.15) is 0 Å². The van der Waals surface area contributed by atoms with Crippen molar-refractivity contribution in [2.24, 2.45) is 5.92 Å². The molecule has 0 amide bonds. The largest absolute Gasteiger partial charge is 0.465 e. The Bertz CT molecular complexity index is 681. The fourth-order valence-electron chi connectivity index (χ4n) is 3.73. The van der Waals surface area contributed by atoms with Crippen LogP contribution in [0.5, 0.6) is 0 Å². The minimum absolute atomic E-state index is 0.263. The van der Waals surface area contributed by atoms with Crippen molar-refractivity contribution in [3.8, 4) is 0 Å². The number of benzene rings is 2. The summed E-state index contributed by atoms with van der Waals surface area (Å²) in [6, 6.07) is 16.7. The van der Waals surface area contributed by atoms with Crippen molar-refractivity contribution in [2.45, 2.75) is 18.8 Å². The SMILES string of the molecule is CNC[C@H]1CCc2cc(C(=O)OC)ccc2[C@H]1c1ccccc1. The number of aryl methyl sites for hydroxylation is 1. The standard InChI is InChI=1S/C20H23NO2/c1-21-13-17-9-8-15-12-16(20(22)23-2)10-11-18(15)19(17)14-6-4-3-5-7-14/h3-7,10-12,17,19,21H,8-9,13H2,1-2H3/t17-,19+/m1/s1. The number of hydrogen-bond acceptors (Lipinski definition) is 3. The normalized spacial score (nSPS) is 19.9. The molecule has 1 N–H and O–H groups in total. The van der Waals surface area contributed by atoms with E-state index in [2.05, 4.69) is 41.7 Å². The molecule has 0 fully saturated rings. The first kappa shape index (κ1) is 15.8. The van der Waals surface area contributed by atoms with Gasteiger partial charge in [-0.05, 0) is 61.2 Å². The first-order valence-corrected chi connectivity index (χ1v) is 8.15. The molecule has 3 nitrogen and oxygen atoms in total. The van der Waals surface area contributed by atoms with Crippen LogP contribution in [0.4, 0.5) is 0 Å². The molecule has 0 radical (unpaired) electrons. The van der Waals surface area contributed by atoms with Gasteiger partial charge in [0.15, 0.2) is 0 Å². The molecule has 2 atom stereocenters. The first-order chi connectivity index (χ1) is 11.2. The van der Waals surface area contributed by atoms with Crippen molar-refractivity contribution >= 4 is 5.97 Å². The second-order valence-corrected chi connectivity index (χ2v) is 6.15. The van der Waals surface area contributed by atoms with Crippen LogP contribution in [0.25, 0.3) is 0 Å². The zero-order valence-corrected chi connectivity index (χ0v) is 13.7. The second-order valence-electron chi connectivity index (χ2n) is 6.15. The van der Waals surface area contributed by atoms with Gasteiger partial charge < -0.3 is 10.1 Å². The van der Waals surface area contributed by atoms with Crippen LogP contribution in [0.3, 0.4) is 0 Å². The summed E-state index contributed by atoms with van der Waals surface area (Å²) in [5.41, 5.74) is 4.61. The highest BCUT2D eigenvalue weighted by Crippen LogP contribution is 2.40. The highest BCUT2D eigenvalue weighted by atomic mass is 16.5. The van der Waals surface area contributed by atoms with E-state index in [0.29, 0.717) is 17.4 Å². The summed E-state index contributed by atoms with van der Waals surface area (Å²) in [7, 11) is 3.44. The van der Waals surface area contributed by atoms with Crippen LogP contribution >= 0.6 is 0 Å². The Hall–Kier alpha value is -2.13.